The lowest BCUT2D eigenvalue weighted by atomic mass is 9.96. The number of amides is 1. The van der Waals surface area contributed by atoms with Gasteiger partial charge in [-0.15, -0.1) is 0 Å². The highest BCUT2D eigenvalue weighted by atomic mass is 32.2. The second-order valence-electron chi connectivity index (χ2n) is 8.44. The molecule has 0 bridgehead atoms. The zero-order valence-electron chi connectivity index (χ0n) is 19.2. The van der Waals surface area contributed by atoms with E-state index in [2.05, 4.69) is 10.6 Å². The van der Waals surface area contributed by atoms with E-state index >= 15 is 0 Å². The van der Waals surface area contributed by atoms with Crippen LogP contribution in [0.3, 0.4) is 0 Å². The monoisotopic (exact) mass is 489 g/mol. The van der Waals surface area contributed by atoms with Crippen molar-refractivity contribution in [1.29, 1.82) is 0 Å². The van der Waals surface area contributed by atoms with Gasteiger partial charge in [-0.2, -0.15) is 4.31 Å². The van der Waals surface area contributed by atoms with E-state index in [1.54, 1.807) is 55.6 Å². The second-order valence-corrected chi connectivity index (χ2v) is 10.8. The Kier molecular flexibility index (Phi) is 8.45. The molecule has 1 saturated carbocycles. The highest BCUT2D eigenvalue weighted by Gasteiger charge is 2.28. The Morgan fingerprint density at radius 2 is 1.64 bits per heavy atom. The molecule has 178 valence electrons. The molecule has 7 nitrogen and oxygen atoms in total. The van der Waals surface area contributed by atoms with Gasteiger partial charge in [0.15, 0.2) is 5.11 Å². The molecule has 2 aromatic carbocycles. The van der Waals surface area contributed by atoms with Gasteiger partial charge in [0.05, 0.1) is 11.0 Å². The highest BCUT2D eigenvalue weighted by molar-refractivity contribution is 7.89. The molecule has 33 heavy (non-hydrogen) atoms. The number of thiocarbonyl (C=S) groups is 1. The Morgan fingerprint density at radius 3 is 2.21 bits per heavy atom. The Hall–Kier alpha value is -2.49. The van der Waals surface area contributed by atoms with E-state index in [1.165, 1.54) is 10.7 Å². The molecular formula is C24H31N3O4S2. The van der Waals surface area contributed by atoms with E-state index in [-0.39, 0.29) is 28.1 Å². The number of hydrogen-bond acceptors (Lipinski definition) is 5. The molecule has 0 atom stereocenters. The molecule has 0 aromatic heterocycles. The molecular weight excluding hydrogens is 458 g/mol. The fraction of sp³-hybridized carbons (Fsp3) is 0.417. The minimum atomic E-state index is -3.56. The first kappa shape index (κ1) is 25.1. The third-order valence-corrected chi connectivity index (χ3v) is 7.72. The van der Waals surface area contributed by atoms with Crippen molar-refractivity contribution in [2.24, 2.45) is 0 Å². The van der Waals surface area contributed by atoms with E-state index in [0.717, 1.165) is 25.7 Å². The molecule has 0 aliphatic heterocycles. The lowest BCUT2D eigenvalue weighted by molar-refractivity contribution is 0.0977. The third kappa shape index (κ3) is 6.75. The van der Waals surface area contributed by atoms with Gasteiger partial charge in [-0.3, -0.25) is 10.1 Å². The molecule has 0 spiro atoms. The van der Waals surface area contributed by atoms with Crippen LogP contribution in [-0.4, -0.2) is 42.9 Å². The van der Waals surface area contributed by atoms with Crippen molar-refractivity contribution in [3.8, 4) is 5.75 Å². The summed E-state index contributed by atoms with van der Waals surface area (Å²) in [6, 6.07) is 13.2. The van der Waals surface area contributed by atoms with Crippen molar-refractivity contribution in [2.75, 3.05) is 12.4 Å². The Morgan fingerprint density at radius 1 is 1.03 bits per heavy atom. The second kappa shape index (κ2) is 11.1. The number of nitrogens with zero attached hydrogens (tertiary/aromatic N) is 1. The first-order valence-electron chi connectivity index (χ1n) is 11.1. The maximum absolute atomic E-state index is 13.0. The highest BCUT2D eigenvalue weighted by Crippen LogP contribution is 2.27. The van der Waals surface area contributed by atoms with Gasteiger partial charge in [-0.05, 0) is 87.4 Å². The van der Waals surface area contributed by atoms with Gasteiger partial charge in [0.1, 0.15) is 5.75 Å². The summed E-state index contributed by atoms with van der Waals surface area (Å²) < 4.78 is 33.0. The van der Waals surface area contributed by atoms with E-state index in [0.29, 0.717) is 17.0 Å². The average Bonchev–Trinajstić information content (AvgIpc) is 2.79. The van der Waals surface area contributed by atoms with Crippen molar-refractivity contribution in [1.82, 2.24) is 9.62 Å². The van der Waals surface area contributed by atoms with Crippen LogP contribution in [0, 0.1) is 0 Å². The number of carbonyl (C=O) groups excluding carboxylic acids is 1. The van der Waals surface area contributed by atoms with Crippen LogP contribution in [0.1, 0.15) is 56.3 Å². The maximum atomic E-state index is 13.0. The third-order valence-electron chi connectivity index (χ3n) is 5.59. The summed E-state index contributed by atoms with van der Waals surface area (Å²) in [5.41, 5.74) is 1.03. The van der Waals surface area contributed by atoms with Crippen LogP contribution in [0.4, 0.5) is 5.69 Å². The molecule has 2 aromatic rings. The summed E-state index contributed by atoms with van der Waals surface area (Å²) in [5.74, 6) is 0.336. The minimum absolute atomic E-state index is 0.0512. The van der Waals surface area contributed by atoms with Gasteiger partial charge in [-0.25, -0.2) is 8.42 Å². The number of rotatable bonds is 7. The topological polar surface area (TPSA) is 87.7 Å². The van der Waals surface area contributed by atoms with Crippen LogP contribution < -0.4 is 15.4 Å². The molecule has 1 aliphatic carbocycles. The number of hydrogen-bond donors (Lipinski definition) is 2. The smallest absolute Gasteiger partial charge is 0.257 e. The predicted molar refractivity (Wildman–Crippen MR) is 134 cm³/mol. The number of ether oxygens (including phenoxy) is 1. The molecule has 0 heterocycles. The van der Waals surface area contributed by atoms with Gasteiger partial charge in [0.25, 0.3) is 5.91 Å². The van der Waals surface area contributed by atoms with Gasteiger partial charge in [-0.1, -0.05) is 19.3 Å². The molecule has 2 N–H and O–H groups in total. The Labute approximate surface area is 201 Å². The largest absolute Gasteiger partial charge is 0.491 e. The summed E-state index contributed by atoms with van der Waals surface area (Å²) in [5, 5.41) is 5.67. The standard InChI is InChI=1S/C24H31N3O4S2/c1-17(2)31-21-13-9-18(10-14-21)23(28)26-24(32)25-19-11-15-22(16-12-19)33(29,30)27(3)20-7-5-4-6-8-20/h9-17,20H,4-8H2,1-3H3,(H2,25,26,28,32). The Bertz CT molecular complexity index is 1060. The maximum Gasteiger partial charge on any atom is 0.257 e. The summed E-state index contributed by atoms with van der Waals surface area (Å²) in [4.78, 5) is 12.7. The summed E-state index contributed by atoms with van der Waals surface area (Å²) in [6.45, 7) is 3.86. The van der Waals surface area contributed by atoms with E-state index in [1.807, 2.05) is 13.8 Å². The van der Waals surface area contributed by atoms with Crippen LogP contribution >= 0.6 is 12.2 Å². The quantitative estimate of drug-likeness (QED) is 0.555. The summed E-state index contributed by atoms with van der Waals surface area (Å²) >= 11 is 5.23. The fourth-order valence-corrected chi connectivity index (χ4v) is 5.44. The van der Waals surface area contributed by atoms with Gasteiger partial charge in [0.2, 0.25) is 10.0 Å². The van der Waals surface area contributed by atoms with Crippen molar-refractivity contribution < 1.29 is 17.9 Å². The number of sulfonamides is 1. The first-order valence-corrected chi connectivity index (χ1v) is 13.0. The van der Waals surface area contributed by atoms with Crippen LogP contribution in [0.25, 0.3) is 0 Å². The normalized spacial score (nSPS) is 14.8. The van der Waals surface area contributed by atoms with Gasteiger partial charge in [0, 0.05) is 24.3 Å². The van der Waals surface area contributed by atoms with Crippen molar-refractivity contribution in [3.63, 3.8) is 0 Å². The van der Waals surface area contributed by atoms with Crippen LogP contribution in [0.2, 0.25) is 0 Å². The Balaban J connectivity index is 1.57. The molecule has 1 aliphatic rings. The number of carbonyl (C=O) groups is 1. The summed E-state index contributed by atoms with van der Waals surface area (Å²) in [6.07, 6.45) is 5.14. The zero-order valence-corrected chi connectivity index (χ0v) is 20.8. The van der Waals surface area contributed by atoms with Crippen molar-refractivity contribution in [3.05, 3.63) is 54.1 Å². The first-order chi connectivity index (χ1) is 15.7. The molecule has 3 rings (SSSR count). The molecule has 0 unspecified atom stereocenters. The van der Waals surface area contributed by atoms with E-state index in [9.17, 15) is 13.2 Å². The van der Waals surface area contributed by atoms with Crippen LogP contribution in [0.15, 0.2) is 53.4 Å². The number of anilines is 1. The summed E-state index contributed by atoms with van der Waals surface area (Å²) in [7, 11) is -1.90. The van der Waals surface area contributed by atoms with Gasteiger partial charge < -0.3 is 10.1 Å². The fourth-order valence-electron chi connectivity index (χ4n) is 3.81. The average molecular weight is 490 g/mol. The number of nitrogens with one attached hydrogen (secondary N) is 2. The zero-order chi connectivity index (χ0) is 24.0. The van der Waals surface area contributed by atoms with Crippen LogP contribution in [-0.2, 0) is 10.0 Å². The van der Waals surface area contributed by atoms with E-state index in [4.69, 9.17) is 17.0 Å². The molecule has 0 radical (unpaired) electrons. The lowest BCUT2D eigenvalue weighted by Gasteiger charge is -2.30. The molecule has 1 amide bonds. The molecule has 0 saturated heterocycles. The minimum Gasteiger partial charge on any atom is -0.491 e. The SMILES string of the molecule is CC(C)Oc1ccc(C(=O)NC(=S)Nc2ccc(S(=O)(=O)N(C)C3CCCCC3)cc2)cc1. The van der Waals surface area contributed by atoms with Crippen molar-refractivity contribution >= 4 is 38.9 Å². The van der Waals surface area contributed by atoms with E-state index < -0.39 is 10.0 Å². The predicted octanol–water partition coefficient (Wildman–Crippen LogP) is 4.55. The molecule has 1 fully saturated rings. The van der Waals surface area contributed by atoms with Crippen LogP contribution in [0.5, 0.6) is 5.75 Å². The van der Waals surface area contributed by atoms with Gasteiger partial charge >= 0.3 is 0 Å². The molecule has 9 heteroatoms. The van der Waals surface area contributed by atoms with Crippen molar-refractivity contribution in [2.45, 2.75) is 63.0 Å². The lowest BCUT2D eigenvalue weighted by Crippen LogP contribution is -2.38. The number of benzene rings is 2.